The Hall–Kier alpha value is -1.88. The molecule has 0 unspecified atom stereocenters. The number of nitrogens with two attached hydrogens (primary N) is 1. The van der Waals surface area contributed by atoms with Gasteiger partial charge in [-0.25, -0.2) is 0 Å². The molecule has 0 aromatic heterocycles. The van der Waals surface area contributed by atoms with Gasteiger partial charge in [-0.1, -0.05) is 13.8 Å². The third-order valence-electron chi connectivity index (χ3n) is 4.04. The smallest absolute Gasteiger partial charge is 0.220 e. The van der Waals surface area contributed by atoms with Crippen LogP contribution in [-0.2, 0) is 4.79 Å². The highest BCUT2D eigenvalue weighted by Crippen LogP contribution is 2.13. The van der Waals surface area contributed by atoms with Crippen molar-refractivity contribution in [3.8, 4) is 5.75 Å². The fourth-order valence-corrected chi connectivity index (χ4v) is 2.01. The molecule has 1 amide bonds. The van der Waals surface area contributed by atoms with Gasteiger partial charge in [0.1, 0.15) is 5.75 Å². The van der Waals surface area contributed by atoms with Crippen molar-refractivity contribution in [3.63, 3.8) is 0 Å². The van der Waals surface area contributed by atoms with Crippen molar-refractivity contribution in [3.05, 3.63) is 29.8 Å². The van der Waals surface area contributed by atoms with Crippen LogP contribution in [0, 0.1) is 0 Å². The summed E-state index contributed by atoms with van der Waals surface area (Å²) < 4.78 is 5.04. The molecule has 3 N–H and O–H groups in total. The maximum atomic E-state index is 12.0. The average Bonchev–Trinajstić information content (AvgIpc) is 2.57. The van der Waals surface area contributed by atoms with Crippen LogP contribution in [0.5, 0.6) is 5.75 Å². The van der Waals surface area contributed by atoms with Gasteiger partial charge in [0.05, 0.1) is 7.11 Å². The van der Waals surface area contributed by atoms with Crippen molar-refractivity contribution in [2.75, 3.05) is 13.7 Å². The zero-order chi connectivity index (χ0) is 16.6. The predicted octanol–water partition coefficient (Wildman–Crippen LogP) is 2.29. The van der Waals surface area contributed by atoms with E-state index in [9.17, 15) is 9.59 Å². The molecule has 1 rings (SSSR count). The Morgan fingerprint density at radius 2 is 1.73 bits per heavy atom. The Morgan fingerprint density at radius 1 is 1.14 bits per heavy atom. The molecule has 0 aliphatic rings. The van der Waals surface area contributed by atoms with Gasteiger partial charge >= 0.3 is 0 Å². The predicted molar refractivity (Wildman–Crippen MR) is 87.1 cm³/mol. The van der Waals surface area contributed by atoms with Crippen molar-refractivity contribution in [1.82, 2.24) is 5.32 Å². The van der Waals surface area contributed by atoms with E-state index >= 15 is 0 Å². The number of hydrogen-bond acceptors (Lipinski definition) is 4. The number of Topliss-reactive ketones (excluding diaryl/α,β-unsaturated/α-hetero) is 1. The van der Waals surface area contributed by atoms with Gasteiger partial charge in [-0.3, -0.25) is 9.59 Å². The van der Waals surface area contributed by atoms with Crippen LogP contribution in [0.2, 0.25) is 0 Å². The highest BCUT2D eigenvalue weighted by molar-refractivity contribution is 5.98. The summed E-state index contributed by atoms with van der Waals surface area (Å²) in [7, 11) is 1.57. The number of nitrogens with one attached hydrogen (secondary N) is 1. The molecule has 0 atom stereocenters. The quantitative estimate of drug-likeness (QED) is 0.686. The van der Waals surface area contributed by atoms with E-state index in [0.29, 0.717) is 17.9 Å². The SMILES string of the molecule is CCC(N)(CC)CNC(=O)CCC(=O)c1ccc(OC)cc1. The molecule has 0 saturated heterocycles. The molecule has 5 nitrogen and oxygen atoms in total. The van der Waals surface area contributed by atoms with Gasteiger partial charge < -0.3 is 15.8 Å². The van der Waals surface area contributed by atoms with Gasteiger partial charge in [0, 0.05) is 30.5 Å². The van der Waals surface area contributed by atoms with Crippen LogP contribution in [0.1, 0.15) is 49.9 Å². The second-order valence-corrected chi connectivity index (χ2v) is 5.50. The van der Waals surface area contributed by atoms with Crippen LogP contribution in [0.3, 0.4) is 0 Å². The number of ether oxygens (including phenoxy) is 1. The second-order valence-electron chi connectivity index (χ2n) is 5.50. The van der Waals surface area contributed by atoms with E-state index in [2.05, 4.69) is 5.32 Å². The molecule has 1 aromatic carbocycles. The van der Waals surface area contributed by atoms with Crippen LogP contribution in [-0.4, -0.2) is 30.9 Å². The van der Waals surface area contributed by atoms with E-state index in [-0.39, 0.29) is 30.1 Å². The van der Waals surface area contributed by atoms with E-state index in [1.54, 1.807) is 31.4 Å². The lowest BCUT2D eigenvalue weighted by molar-refractivity contribution is -0.121. The molecule has 0 bridgehead atoms. The van der Waals surface area contributed by atoms with Crippen molar-refractivity contribution < 1.29 is 14.3 Å². The van der Waals surface area contributed by atoms with Crippen LogP contribution in [0.15, 0.2) is 24.3 Å². The molecule has 1 aromatic rings. The summed E-state index contributed by atoms with van der Waals surface area (Å²) in [4.78, 5) is 23.8. The summed E-state index contributed by atoms with van der Waals surface area (Å²) in [6.45, 7) is 4.45. The second kappa shape index (κ2) is 8.54. The maximum absolute atomic E-state index is 12.0. The number of ketones is 1. The summed E-state index contributed by atoms with van der Waals surface area (Å²) in [5.74, 6) is 0.508. The zero-order valence-corrected chi connectivity index (χ0v) is 13.6. The van der Waals surface area contributed by atoms with E-state index in [1.807, 2.05) is 13.8 Å². The Bertz CT molecular complexity index is 493. The molecule has 0 aliphatic carbocycles. The number of amides is 1. The molecule has 22 heavy (non-hydrogen) atoms. The van der Waals surface area contributed by atoms with Gasteiger partial charge in [0.2, 0.25) is 5.91 Å². The lowest BCUT2D eigenvalue weighted by Crippen LogP contribution is -2.49. The lowest BCUT2D eigenvalue weighted by atomic mass is 9.94. The van der Waals surface area contributed by atoms with Gasteiger partial charge in [0.25, 0.3) is 0 Å². The highest BCUT2D eigenvalue weighted by Gasteiger charge is 2.21. The monoisotopic (exact) mass is 306 g/mol. The van der Waals surface area contributed by atoms with E-state index in [1.165, 1.54) is 0 Å². The lowest BCUT2D eigenvalue weighted by Gasteiger charge is -2.26. The number of hydrogen-bond donors (Lipinski definition) is 2. The Labute approximate surface area is 132 Å². The molecule has 0 aliphatic heterocycles. The number of carbonyl (C=O) groups excluding carboxylic acids is 2. The summed E-state index contributed by atoms with van der Waals surface area (Å²) in [5, 5.41) is 2.81. The highest BCUT2D eigenvalue weighted by atomic mass is 16.5. The average molecular weight is 306 g/mol. The third kappa shape index (κ3) is 5.48. The minimum Gasteiger partial charge on any atom is -0.497 e. The molecular formula is C17H26N2O3. The Morgan fingerprint density at radius 3 is 2.23 bits per heavy atom. The molecule has 122 valence electrons. The van der Waals surface area contributed by atoms with Gasteiger partial charge in [0.15, 0.2) is 5.78 Å². The summed E-state index contributed by atoms with van der Waals surface area (Å²) in [6, 6.07) is 6.88. The zero-order valence-electron chi connectivity index (χ0n) is 13.6. The topological polar surface area (TPSA) is 81.4 Å². The standard InChI is InChI=1S/C17H26N2O3/c1-4-17(18,5-2)12-19-16(21)11-10-15(20)13-6-8-14(22-3)9-7-13/h6-9H,4-5,10-12,18H2,1-3H3,(H,19,21). The Balaban J connectivity index is 2.41. The van der Waals surface area contributed by atoms with Crippen LogP contribution < -0.4 is 15.8 Å². The minimum atomic E-state index is -0.365. The third-order valence-corrected chi connectivity index (χ3v) is 4.04. The van der Waals surface area contributed by atoms with Crippen molar-refractivity contribution in [2.45, 2.75) is 45.1 Å². The molecule has 0 fully saturated rings. The first kappa shape index (κ1) is 18.2. The first-order chi connectivity index (χ1) is 10.4. The van der Waals surface area contributed by atoms with E-state index in [0.717, 1.165) is 12.8 Å². The van der Waals surface area contributed by atoms with Crippen LogP contribution >= 0.6 is 0 Å². The van der Waals surface area contributed by atoms with Crippen molar-refractivity contribution in [1.29, 1.82) is 0 Å². The van der Waals surface area contributed by atoms with Crippen LogP contribution in [0.25, 0.3) is 0 Å². The molecule has 5 heteroatoms. The van der Waals surface area contributed by atoms with Gasteiger partial charge in [-0.2, -0.15) is 0 Å². The fraction of sp³-hybridized carbons (Fsp3) is 0.529. The number of methoxy groups -OCH3 is 1. The molecule has 0 heterocycles. The number of carbonyl (C=O) groups is 2. The van der Waals surface area contributed by atoms with Gasteiger partial charge in [-0.15, -0.1) is 0 Å². The van der Waals surface area contributed by atoms with Crippen molar-refractivity contribution in [2.24, 2.45) is 5.73 Å². The van der Waals surface area contributed by atoms with Crippen LogP contribution in [0.4, 0.5) is 0 Å². The minimum absolute atomic E-state index is 0.0530. The fourth-order valence-electron chi connectivity index (χ4n) is 2.01. The molecule has 0 saturated carbocycles. The van der Waals surface area contributed by atoms with E-state index in [4.69, 9.17) is 10.5 Å². The molecular weight excluding hydrogens is 280 g/mol. The van der Waals surface area contributed by atoms with Crippen molar-refractivity contribution >= 4 is 11.7 Å². The summed E-state index contributed by atoms with van der Waals surface area (Å²) in [6.07, 6.45) is 1.96. The molecule has 0 radical (unpaired) electrons. The summed E-state index contributed by atoms with van der Waals surface area (Å²) >= 11 is 0. The first-order valence-electron chi connectivity index (χ1n) is 7.67. The first-order valence-corrected chi connectivity index (χ1v) is 7.67. The largest absolute Gasteiger partial charge is 0.497 e. The van der Waals surface area contributed by atoms with Gasteiger partial charge in [-0.05, 0) is 37.1 Å². The Kier molecular flexibility index (Phi) is 7.05. The number of rotatable bonds is 9. The summed E-state index contributed by atoms with van der Waals surface area (Å²) in [5.41, 5.74) is 6.35. The maximum Gasteiger partial charge on any atom is 0.220 e. The molecule has 0 spiro atoms. The number of benzene rings is 1. The normalized spacial score (nSPS) is 11.1. The van der Waals surface area contributed by atoms with E-state index < -0.39 is 0 Å².